The van der Waals surface area contributed by atoms with Crippen molar-refractivity contribution in [1.82, 2.24) is 25.1 Å². The van der Waals surface area contributed by atoms with Crippen LogP contribution in [0.15, 0.2) is 46.9 Å². The standard InChI is InChI=1S/C18H16F3N5O2S2/c19-18(20,21)28-13-7-5-12(6-8-13)26-17(22-23-24-26)30-11-16(27)25-9-1-3-14(25)15-4-2-10-29-15/h2,4-8,10,14H,1,3,9,11H2/t14-/m0/s1. The summed E-state index contributed by atoms with van der Waals surface area (Å²) < 4.78 is 42.1. The molecule has 3 aromatic rings. The zero-order chi connectivity index (χ0) is 21.1. The van der Waals surface area contributed by atoms with E-state index in [1.54, 1.807) is 11.3 Å². The van der Waals surface area contributed by atoms with Crippen molar-refractivity contribution in [3.63, 3.8) is 0 Å². The van der Waals surface area contributed by atoms with Crippen LogP contribution in [0, 0.1) is 0 Å². The highest BCUT2D eigenvalue weighted by molar-refractivity contribution is 7.99. The fraction of sp³-hybridized carbons (Fsp3) is 0.333. The Kier molecular flexibility index (Phi) is 5.95. The fourth-order valence-corrected chi connectivity index (χ4v) is 4.92. The summed E-state index contributed by atoms with van der Waals surface area (Å²) in [5.74, 6) is -0.172. The number of benzene rings is 1. The number of rotatable bonds is 6. The van der Waals surface area contributed by atoms with Gasteiger partial charge in [-0.3, -0.25) is 4.79 Å². The van der Waals surface area contributed by atoms with Crippen LogP contribution >= 0.6 is 23.1 Å². The molecule has 1 saturated heterocycles. The van der Waals surface area contributed by atoms with E-state index < -0.39 is 6.36 Å². The maximum atomic E-state index is 12.8. The van der Waals surface area contributed by atoms with Gasteiger partial charge in [0.05, 0.1) is 17.5 Å². The molecule has 3 heterocycles. The number of alkyl halides is 3. The number of carbonyl (C=O) groups excluding carboxylic acids is 1. The summed E-state index contributed by atoms with van der Waals surface area (Å²) >= 11 is 2.83. The lowest BCUT2D eigenvalue weighted by Crippen LogP contribution is -2.31. The van der Waals surface area contributed by atoms with Crippen LogP contribution < -0.4 is 4.74 Å². The van der Waals surface area contributed by atoms with Crippen molar-refractivity contribution < 1.29 is 22.7 Å². The van der Waals surface area contributed by atoms with Crippen LogP contribution in [0.4, 0.5) is 13.2 Å². The van der Waals surface area contributed by atoms with Gasteiger partial charge >= 0.3 is 6.36 Å². The SMILES string of the molecule is O=C(CSc1nnnn1-c1ccc(OC(F)(F)F)cc1)N1CCC[C@H]1c1cccs1. The second kappa shape index (κ2) is 8.64. The molecule has 0 spiro atoms. The van der Waals surface area contributed by atoms with E-state index in [2.05, 4.69) is 20.3 Å². The van der Waals surface area contributed by atoms with Crippen LogP contribution in [0.1, 0.15) is 23.8 Å². The zero-order valence-electron chi connectivity index (χ0n) is 15.5. The maximum Gasteiger partial charge on any atom is 0.573 e. The molecule has 4 rings (SSSR count). The zero-order valence-corrected chi connectivity index (χ0v) is 17.1. The summed E-state index contributed by atoms with van der Waals surface area (Å²) in [5.41, 5.74) is 0.460. The first kappa shape index (κ1) is 20.7. The van der Waals surface area contributed by atoms with E-state index in [1.807, 2.05) is 22.4 Å². The van der Waals surface area contributed by atoms with Crippen molar-refractivity contribution in [2.24, 2.45) is 0 Å². The van der Waals surface area contributed by atoms with Gasteiger partial charge in [-0.25, -0.2) is 0 Å². The van der Waals surface area contributed by atoms with E-state index in [0.29, 0.717) is 17.4 Å². The quantitative estimate of drug-likeness (QED) is 0.522. The fourth-order valence-electron chi connectivity index (χ4n) is 3.27. The molecule has 0 saturated carbocycles. The summed E-state index contributed by atoms with van der Waals surface area (Å²) in [7, 11) is 0. The van der Waals surface area contributed by atoms with Gasteiger partial charge in [0.25, 0.3) is 0 Å². The Hall–Kier alpha value is -2.60. The number of likely N-dealkylation sites (tertiary alicyclic amines) is 1. The largest absolute Gasteiger partial charge is 0.573 e. The lowest BCUT2D eigenvalue weighted by atomic mass is 10.2. The van der Waals surface area contributed by atoms with Crippen molar-refractivity contribution in [3.8, 4) is 11.4 Å². The second-order valence-electron chi connectivity index (χ2n) is 6.46. The molecule has 0 aliphatic carbocycles. The first-order valence-electron chi connectivity index (χ1n) is 9.01. The predicted molar refractivity (Wildman–Crippen MR) is 105 cm³/mol. The monoisotopic (exact) mass is 455 g/mol. The van der Waals surface area contributed by atoms with Crippen molar-refractivity contribution >= 4 is 29.0 Å². The van der Waals surface area contributed by atoms with E-state index >= 15 is 0 Å². The normalized spacial score (nSPS) is 16.8. The van der Waals surface area contributed by atoms with Gasteiger partial charge in [-0.1, -0.05) is 17.8 Å². The minimum Gasteiger partial charge on any atom is -0.406 e. The van der Waals surface area contributed by atoms with Gasteiger partial charge in [0, 0.05) is 11.4 Å². The third kappa shape index (κ3) is 4.75. The molecule has 1 amide bonds. The summed E-state index contributed by atoms with van der Waals surface area (Å²) in [6.07, 6.45) is -2.85. The molecule has 1 atom stereocenters. The van der Waals surface area contributed by atoms with Crippen LogP contribution in [-0.2, 0) is 4.79 Å². The lowest BCUT2D eigenvalue weighted by Gasteiger charge is -2.23. The topological polar surface area (TPSA) is 73.1 Å². The molecule has 1 aromatic carbocycles. The highest BCUT2D eigenvalue weighted by atomic mass is 32.2. The molecule has 1 aliphatic rings. The number of hydrogen-bond donors (Lipinski definition) is 0. The van der Waals surface area contributed by atoms with Gasteiger partial charge in [-0.15, -0.1) is 29.6 Å². The van der Waals surface area contributed by atoms with Crippen LogP contribution in [0.25, 0.3) is 5.69 Å². The smallest absolute Gasteiger partial charge is 0.406 e. The molecule has 0 radical (unpaired) electrons. The average molecular weight is 455 g/mol. The van der Waals surface area contributed by atoms with Crippen molar-refractivity contribution in [1.29, 1.82) is 0 Å². The number of carbonyl (C=O) groups is 1. The van der Waals surface area contributed by atoms with Crippen molar-refractivity contribution in [2.45, 2.75) is 30.4 Å². The third-order valence-corrected chi connectivity index (χ3v) is 6.40. The second-order valence-corrected chi connectivity index (χ2v) is 8.39. The van der Waals surface area contributed by atoms with Gasteiger partial charge < -0.3 is 9.64 Å². The van der Waals surface area contributed by atoms with E-state index in [0.717, 1.165) is 12.8 Å². The number of hydrogen-bond acceptors (Lipinski definition) is 7. The number of thiophene rings is 1. The third-order valence-electron chi connectivity index (χ3n) is 4.53. The number of nitrogens with zero attached hydrogens (tertiary/aromatic N) is 5. The predicted octanol–water partition coefficient (Wildman–Crippen LogP) is 4.08. The molecule has 7 nitrogen and oxygen atoms in total. The van der Waals surface area contributed by atoms with Crippen LogP contribution in [-0.4, -0.2) is 49.7 Å². The molecular formula is C18H16F3N5O2S2. The van der Waals surface area contributed by atoms with Crippen LogP contribution in [0.5, 0.6) is 5.75 Å². The molecule has 0 N–H and O–H groups in total. The van der Waals surface area contributed by atoms with Gasteiger partial charge in [-0.05, 0) is 59.0 Å². The number of halogens is 3. The van der Waals surface area contributed by atoms with E-state index in [9.17, 15) is 18.0 Å². The molecule has 12 heteroatoms. The van der Waals surface area contributed by atoms with E-state index in [4.69, 9.17) is 0 Å². The molecule has 2 aromatic heterocycles. The van der Waals surface area contributed by atoms with E-state index in [-0.39, 0.29) is 23.5 Å². The Morgan fingerprint density at radius 2 is 2.07 bits per heavy atom. The van der Waals surface area contributed by atoms with Gasteiger partial charge in [0.2, 0.25) is 11.1 Å². The van der Waals surface area contributed by atoms with Gasteiger partial charge in [0.15, 0.2) is 0 Å². The highest BCUT2D eigenvalue weighted by Crippen LogP contribution is 2.35. The molecular weight excluding hydrogens is 439 g/mol. The number of amides is 1. The summed E-state index contributed by atoms with van der Waals surface area (Å²) in [4.78, 5) is 15.8. The Morgan fingerprint density at radius 1 is 1.27 bits per heavy atom. The average Bonchev–Trinajstić information content (AvgIpc) is 3.46. The Bertz CT molecular complexity index is 992. The van der Waals surface area contributed by atoms with Crippen LogP contribution in [0.2, 0.25) is 0 Å². The molecule has 0 bridgehead atoms. The summed E-state index contributed by atoms with van der Waals surface area (Å²) in [5, 5.41) is 13.8. The molecule has 30 heavy (non-hydrogen) atoms. The minimum atomic E-state index is -4.76. The van der Waals surface area contributed by atoms with E-state index in [1.165, 1.54) is 45.6 Å². The van der Waals surface area contributed by atoms with Crippen molar-refractivity contribution in [3.05, 3.63) is 46.7 Å². The van der Waals surface area contributed by atoms with Gasteiger partial charge in [-0.2, -0.15) is 4.68 Å². The minimum absolute atomic E-state index is 0.000579. The first-order valence-corrected chi connectivity index (χ1v) is 10.9. The number of tetrazole rings is 1. The van der Waals surface area contributed by atoms with Crippen molar-refractivity contribution in [2.75, 3.05) is 12.3 Å². The molecule has 158 valence electrons. The highest BCUT2D eigenvalue weighted by Gasteiger charge is 2.32. The number of thioether (sulfide) groups is 1. The first-order chi connectivity index (χ1) is 14.4. The molecule has 1 aliphatic heterocycles. The molecule has 0 unspecified atom stereocenters. The summed E-state index contributed by atoms with van der Waals surface area (Å²) in [6, 6.07) is 9.32. The Balaban J connectivity index is 1.41. The van der Waals surface area contributed by atoms with Crippen LogP contribution in [0.3, 0.4) is 0 Å². The molecule has 1 fully saturated rings. The number of ether oxygens (including phenoxy) is 1. The summed E-state index contributed by atoms with van der Waals surface area (Å²) in [6.45, 7) is 0.716. The lowest BCUT2D eigenvalue weighted by molar-refractivity contribution is -0.274. The Morgan fingerprint density at radius 3 is 2.77 bits per heavy atom. The Labute approximate surface area is 177 Å². The van der Waals surface area contributed by atoms with Gasteiger partial charge in [0.1, 0.15) is 5.75 Å². The number of aromatic nitrogens is 4. The maximum absolute atomic E-state index is 12.8.